The van der Waals surface area contributed by atoms with E-state index >= 15 is 0 Å². The van der Waals surface area contributed by atoms with Gasteiger partial charge in [-0.15, -0.1) is 0 Å². The topological polar surface area (TPSA) is 56.1 Å². The molecular weight excluding hydrogens is 385 g/mol. The number of para-hydroxylation sites is 1. The number of carbonyl (C=O) groups excluding carboxylic acids is 1. The molecule has 5 nitrogen and oxygen atoms in total. The third kappa shape index (κ3) is 5.02. The second-order valence-electron chi connectivity index (χ2n) is 5.94. The van der Waals surface area contributed by atoms with Gasteiger partial charge in [-0.1, -0.05) is 54.4 Å². The van der Waals surface area contributed by atoms with Crippen LogP contribution in [0.5, 0.6) is 5.75 Å². The summed E-state index contributed by atoms with van der Waals surface area (Å²) in [6, 6.07) is 14.6. The smallest absolute Gasteiger partial charge is 0.265 e. The number of aromatic nitrogens is 2. The normalized spacial score (nSPS) is 11.8. The van der Waals surface area contributed by atoms with E-state index in [2.05, 4.69) is 10.4 Å². The first-order valence-corrected chi connectivity index (χ1v) is 9.30. The lowest BCUT2D eigenvalue weighted by atomic mass is 10.2. The van der Waals surface area contributed by atoms with E-state index in [1.54, 1.807) is 35.3 Å². The molecule has 0 aliphatic heterocycles. The minimum Gasteiger partial charge on any atom is -0.481 e. The van der Waals surface area contributed by atoms with E-state index in [9.17, 15) is 4.79 Å². The largest absolute Gasteiger partial charge is 0.481 e. The molecule has 1 aromatic heterocycles. The SMILES string of the molecule is CC[C@@H](Oc1ccccc1)C(=O)Nc1cnn(Cc2c(Cl)cccc2Cl)c1. The summed E-state index contributed by atoms with van der Waals surface area (Å²) in [5.74, 6) is 0.431. The van der Waals surface area contributed by atoms with Crippen molar-refractivity contribution in [3.05, 3.63) is 76.5 Å². The Labute approximate surface area is 167 Å². The first kappa shape index (κ1) is 19.3. The summed E-state index contributed by atoms with van der Waals surface area (Å²) >= 11 is 12.4. The fourth-order valence-electron chi connectivity index (χ4n) is 2.57. The number of hydrogen-bond acceptors (Lipinski definition) is 3. The molecule has 0 radical (unpaired) electrons. The fraction of sp³-hybridized carbons (Fsp3) is 0.200. The van der Waals surface area contributed by atoms with Gasteiger partial charge in [-0.25, -0.2) is 0 Å². The first-order valence-electron chi connectivity index (χ1n) is 8.54. The third-order valence-electron chi connectivity index (χ3n) is 3.97. The minimum absolute atomic E-state index is 0.225. The molecule has 7 heteroatoms. The number of nitrogens with zero attached hydrogens (tertiary/aromatic N) is 2. The van der Waals surface area contributed by atoms with Gasteiger partial charge < -0.3 is 10.1 Å². The lowest BCUT2D eigenvalue weighted by molar-refractivity contribution is -0.122. The highest BCUT2D eigenvalue weighted by molar-refractivity contribution is 6.35. The molecule has 140 valence electrons. The maximum atomic E-state index is 12.5. The van der Waals surface area contributed by atoms with Gasteiger partial charge in [0.05, 0.1) is 18.4 Å². The van der Waals surface area contributed by atoms with Crippen LogP contribution >= 0.6 is 23.2 Å². The molecule has 0 aliphatic carbocycles. The molecule has 1 N–H and O–H groups in total. The van der Waals surface area contributed by atoms with Gasteiger partial charge in [-0.3, -0.25) is 9.48 Å². The zero-order valence-electron chi connectivity index (χ0n) is 14.7. The van der Waals surface area contributed by atoms with Crippen LogP contribution in [0.4, 0.5) is 5.69 Å². The van der Waals surface area contributed by atoms with Crippen LogP contribution in [0.3, 0.4) is 0 Å². The molecule has 27 heavy (non-hydrogen) atoms. The summed E-state index contributed by atoms with van der Waals surface area (Å²) in [7, 11) is 0. The summed E-state index contributed by atoms with van der Waals surface area (Å²) < 4.78 is 7.43. The van der Waals surface area contributed by atoms with Crippen molar-refractivity contribution in [1.29, 1.82) is 0 Å². The Morgan fingerprint density at radius 1 is 1.15 bits per heavy atom. The highest BCUT2D eigenvalue weighted by atomic mass is 35.5. The predicted octanol–water partition coefficient (Wildman–Crippen LogP) is 5.03. The minimum atomic E-state index is -0.589. The van der Waals surface area contributed by atoms with Crippen molar-refractivity contribution in [2.24, 2.45) is 0 Å². The summed E-state index contributed by atoms with van der Waals surface area (Å²) in [6.45, 7) is 2.31. The molecule has 0 unspecified atom stereocenters. The van der Waals surface area contributed by atoms with Crippen molar-refractivity contribution >= 4 is 34.8 Å². The summed E-state index contributed by atoms with van der Waals surface area (Å²) in [5, 5.41) is 8.24. The summed E-state index contributed by atoms with van der Waals surface area (Å²) in [4.78, 5) is 12.5. The average molecular weight is 404 g/mol. The number of hydrogen-bond donors (Lipinski definition) is 1. The van der Waals surface area contributed by atoms with Crippen LogP contribution in [0.1, 0.15) is 18.9 Å². The molecule has 0 saturated heterocycles. The molecule has 2 aromatic carbocycles. The van der Waals surface area contributed by atoms with Crippen LogP contribution in [0.25, 0.3) is 0 Å². The molecular formula is C20H19Cl2N3O2. The Morgan fingerprint density at radius 3 is 2.52 bits per heavy atom. The van der Waals surface area contributed by atoms with Crippen molar-refractivity contribution in [3.8, 4) is 5.75 Å². The quantitative estimate of drug-likeness (QED) is 0.601. The highest BCUT2D eigenvalue weighted by Gasteiger charge is 2.19. The Balaban J connectivity index is 1.65. The number of benzene rings is 2. The van der Waals surface area contributed by atoms with Crippen molar-refractivity contribution in [1.82, 2.24) is 9.78 Å². The zero-order valence-corrected chi connectivity index (χ0v) is 16.2. The van der Waals surface area contributed by atoms with Crippen molar-refractivity contribution in [2.75, 3.05) is 5.32 Å². The fourth-order valence-corrected chi connectivity index (χ4v) is 3.09. The molecule has 1 atom stereocenters. The third-order valence-corrected chi connectivity index (χ3v) is 4.68. The lowest BCUT2D eigenvalue weighted by Crippen LogP contribution is -2.32. The van der Waals surface area contributed by atoms with Gasteiger partial charge in [0.15, 0.2) is 6.10 Å². The number of carbonyl (C=O) groups is 1. The highest BCUT2D eigenvalue weighted by Crippen LogP contribution is 2.25. The molecule has 0 bridgehead atoms. The number of anilines is 1. The van der Waals surface area contributed by atoms with Crippen LogP contribution in [-0.2, 0) is 11.3 Å². The Morgan fingerprint density at radius 2 is 1.85 bits per heavy atom. The maximum Gasteiger partial charge on any atom is 0.265 e. The van der Waals surface area contributed by atoms with Gasteiger partial charge in [-0.05, 0) is 30.7 Å². The van der Waals surface area contributed by atoms with E-state index in [4.69, 9.17) is 27.9 Å². The molecule has 1 amide bonds. The van der Waals surface area contributed by atoms with Crippen LogP contribution < -0.4 is 10.1 Å². The number of rotatable bonds is 7. The molecule has 0 fully saturated rings. The monoisotopic (exact) mass is 403 g/mol. The van der Waals surface area contributed by atoms with E-state index in [-0.39, 0.29) is 5.91 Å². The van der Waals surface area contributed by atoms with Crippen LogP contribution in [0, 0.1) is 0 Å². The molecule has 3 rings (SSSR count). The Bertz CT molecular complexity index is 892. The Hall–Kier alpha value is -2.50. The molecule has 0 aliphatic rings. The van der Waals surface area contributed by atoms with Gasteiger partial charge in [0, 0.05) is 21.8 Å². The standard InChI is InChI=1S/C20H19Cl2N3O2/c1-2-19(27-15-7-4-3-5-8-15)20(26)24-14-11-23-25(12-14)13-16-17(21)9-6-10-18(16)22/h3-12,19H,2,13H2,1H3,(H,24,26)/t19-/m1/s1. The number of nitrogens with one attached hydrogen (secondary N) is 1. The molecule has 1 heterocycles. The van der Waals surface area contributed by atoms with Gasteiger partial charge in [0.25, 0.3) is 5.91 Å². The lowest BCUT2D eigenvalue weighted by Gasteiger charge is -2.16. The van der Waals surface area contributed by atoms with E-state index in [0.717, 1.165) is 5.56 Å². The van der Waals surface area contributed by atoms with E-state index in [0.29, 0.717) is 34.4 Å². The molecule has 3 aromatic rings. The zero-order chi connectivity index (χ0) is 19.2. The van der Waals surface area contributed by atoms with E-state index in [1.807, 2.05) is 37.3 Å². The molecule has 0 saturated carbocycles. The van der Waals surface area contributed by atoms with Gasteiger partial charge in [0.1, 0.15) is 5.75 Å². The average Bonchev–Trinajstić information content (AvgIpc) is 3.10. The van der Waals surface area contributed by atoms with Gasteiger partial charge in [-0.2, -0.15) is 5.10 Å². The predicted molar refractivity (Wildman–Crippen MR) is 108 cm³/mol. The number of halogens is 2. The number of ether oxygens (including phenoxy) is 1. The first-order chi connectivity index (χ1) is 13.1. The van der Waals surface area contributed by atoms with Crippen molar-refractivity contribution < 1.29 is 9.53 Å². The number of amides is 1. The van der Waals surface area contributed by atoms with Gasteiger partial charge in [0.2, 0.25) is 0 Å². The molecule has 0 spiro atoms. The van der Waals surface area contributed by atoms with Crippen LogP contribution in [-0.4, -0.2) is 21.8 Å². The summed E-state index contributed by atoms with van der Waals surface area (Å²) in [6.07, 6.45) is 3.27. The van der Waals surface area contributed by atoms with E-state index in [1.165, 1.54) is 0 Å². The summed E-state index contributed by atoms with van der Waals surface area (Å²) in [5.41, 5.74) is 1.36. The van der Waals surface area contributed by atoms with E-state index < -0.39 is 6.10 Å². The second-order valence-corrected chi connectivity index (χ2v) is 6.76. The Kier molecular flexibility index (Phi) is 6.37. The maximum absolute atomic E-state index is 12.5. The van der Waals surface area contributed by atoms with Crippen molar-refractivity contribution in [2.45, 2.75) is 26.0 Å². The second kappa shape index (κ2) is 8.93. The van der Waals surface area contributed by atoms with Gasteiger partial charge >= 0.3 is 0 Å². The van der Waals surface area contributed by atoms with Crippen molar-refractivity contribution in [3.63, 3.8) is 0 Å². The van der Waals surface area contributed by atoms with Crippen LogP contribution in [0.15, 0.2) is 60.9 Å². The van der Waals surface area contributed by atoms with Crippen LogP contribution in [0.2, 0.25) is 10.0 Å².